The van der Waals surface area contributed by atoms with Crippen molar-refractivity contribution in [1.29, 1.82) is 0 Å². The summed E-state index contributed by atoms with van der Waals surface area (Å²) in [6.45, 7) is 9.77. The van der Waals surface area contributed by atoms with Gasteiger partial charge in [-0.25, -0.2) is 4.79 Å². The van der Waals surface area contributed by atoms with Gasteiger partial charge in [0.05, 0.1) is 18.2 Å². The van der Waals surface area contributed by atoms with Crippen molar-refractivity contribution in [2.24, 2.45) is 0 Å². The van der Waals surface area contributed by atoms with Gasteiger partial charge in [0.2, 0.25) is 0 Å². The number of nitrogens with zero attached hydrogens (tertiary/aromatic N) is 1. The minimum absolute atomic E-state index is 0.0901. The summed E-state index contributed by atoms with van der Waals surface area (Å²) in [6.07, 6.45) is 11.8. The highest BCUT2D eigenvalue weighted by Crippen LogP contribution is 2.31. The summed E-state index contributed by atoms with van der Waals surface area (Å²) < 4.78 is 11.0. The van der Waals surface area contributed by atoms with Crippen LogP contribution in [0.3, 0.4) is 0 Å². The van der Waals surface area contributed by atoms with Crippen LogP contribution in [-0.2, 0) is 11.2 Å². The fourth-order valence-corrected chi connectivity index (χ4v) is 4.44. The number of aryl methyl sites for hydroxylation is 1. The molecule has 0 N–H and O–H groups in total. The Balaban J connectivity index is 1.82. The van der Waals surface area contributed by atoms with Crippen LogP contribution in [0.25, 0.3) is 17.0 Å². The third kappa shape index (κ3) is 7.65. The van der Waals surface area contributed by atoms with E-state index in [1.54, 1.807) is 18.2 Å². The largest absolute Gasteiger partial charge is 0.465 e. The highest BCUT2D eigenvalue weighted by molar-refractivity contribution is 6.17. The van der Waals surface area contributed by atoms with E-state index in [0.29, 0.717) is 39.8 Å². The average Bonchev–Trinajstić information content (AvgIpc) is 3.29. The summed E-state index contributed by atoms with van der Waals surface area (Å²) in [4.78, 5) is 28.3. The number of carbonyl (C=O) groups excluding carboxylic acids is 2. The van der Waals surface area contributed by atoms with Gasteiger partial charge in [0.15, 0.2) is 5.78 Å². The average molecular weight is 504 g/mol. The fraction of sp³-hybridized carbons (Fsp3) is 0.438. The SMILES string of the molecule is CCCCc1oc2ccc(C(=O)OC)cc2c1C(=O)c1ccc(C=CCN(CCCC)CCCC)cc1. The number of unbranched alkanes of at least 4 members (excludes halogenated alkanes) is 3. The van der Waals surface area contributed by atoms with Crippen LogP contribution in [0.5, 0.6) is 0 Å². The monoisotopic (exact) mass is 503 g/mol. The molecule has 37 heavy (non-hydrogen) atoms. The third-order valence-corrected chi connectivity index (χ3v) is 6.67. The number of carbonyl (C=O) groups is 2. The van der Waals surface area contributed by atoms with Crippen LogP contribution in [0.1, 0.15) is 96.9 Å². The van der Waals surface area contributed by atoms with Gasteiger partial charge in [-0.05, 0) is 56.1 Å². The number of hydrogen-bond donors (Lipinski definition) is 0. The fourth-order valence-electron chi connectivity index (χ4n) is 4.44. The molecule has 2 aromatic carbocycles. The smallest absolute Gasteiger partial charge is 0.337 e. The molecule has 198 valence electrons. The highest BCUT2D eigenvalue weighted by Gasteiger charge is 2.23. The Labute approximate surface area is 221 Å². The number of furan rings is 1. The molecule has 5 heteroatoms. The number of esters is 1. The van der Waals surface area contributed by atoms with Crippen LogP contribution in [0.2, 0.25) is 0 Å². The van der Waals surface area contributed by atoms with Gasteiger partial charge in [-0.2, -0.15) is 0 Å². The van der Waals surface area contributed by atoms with Gasteiger partial charge in [0.25, 0.3) is 0 Å². The van der Waals surface area contributed by atoms with E-state index in [2.05, 4.69) is 37.8 Å². The molecular formula is C32H41NO4. The highest BCUT2D eigenvalue weighted by atomic mass is 16.5. The molecule has 1 aromatic heterocycles. The second-order valence-electron chi connectivity index (χ2n) is 9.57. The number of benzene rings is 2. The van der Waals surface area contributed by atoms with Gasteiger partial charge in [0, 0.05) is 23.9 Å². The Bertz CT molecular complexity index is 1180. The van der Waals surface area contributed by atoms with Gasteiger partial charge in [0.1, 0.15) is 11.3 Å². The number of hydrogen-bond acceptors (Lipinski definition) is 5. The van der Waals surface area contributed by atoms with Crippen molar-refractivity contribution in [2.75, 3.05) is 26.7 Å². The quantitative estimate of drug-likeness (QED) is 0.157. The third-order valence-electron chi connectivity index (χ3n) is 6.67. The van der Waals surface area contributed by atoms with Gasteiger partial charge in [-0.15, -0.1) is 0 Å². The first-order valence-electron chi connectivity index (χ1n) is 13.7. The minimum Gasteiger partial charge on any atom is -0.465 e. The van der Waals surface area contributed by atoms with E-state index in [1.165, 1.54) is 32.8 Å². The predicted octanol–water partition coefficient (Wildman–Crippen LogP) is 7.71. The molecule has 0 amide bonds. The van der Waals surface area contributed by atoms with E-state index in [1.807, 2.05) is 24.3 Å². The molecule has 0 aliphatic carbocycles. The Hall–Kier alpha value is -3.18. The van der Waals surface area contributed by atoms with Crippen LogP contribution in [0.15, 0.2) is 53.0 Å². The van der Waals surface area contributed by atoms with Crippen molar-refractivity contribution in [3.63, 3.8) is 0 Å². The maximum absolute atomic E-state index is 13.7. The van der Waals surface area contributed by atoms with E-state index in [-0.39, 0.29) is 5.78 Å². The number of methoxy groups -OCH3 is 1. The summed E-state index contributed by atoms with van der Waals surface area (Å²) in [7, 11) is 1.35. The van der Waals surface area contributed by atoms with Crippen molar-refractivity contribution in [1.82, 2.24) is 4.90 Å². The molecule has 0 fully saturated rings. The number of fused-ring (bicyclic) bond motifs is 1. The van der Waals surface area contributed by atoms with Crippen molar-refractivity contribution in [3.05, 3.63) is 76.6 Å². The molecule has 0 saturated carbocycles. The summed E-state index contributed by atoms with van der Waals surface area (Å²) in [5.74, 6) is 0.149. The zero-order valence-electron chi connectivity index (χ0n) is 22.8. The number of ether oxygens (including phenoxy) is 1. The van der Waals surface area contributed by atoms with Gasteiger partial charge in [-0.3, -0.25) is 9.69 Å². The molecule has 3 rings (SSSR count). The lowest BCUT2D eigenvalue weighted by Crippen LogP contribution is -2.26. The normalized spacial score (nSPS) is 11.6. The van der Waals surface area contributed by atoms with Crippen LogP contribution >= 0.6 is 0 Å². The van der Waals surface area contributed by atoms with Gasteiger partial charge < -0.3 is 9.15 Å². The molecule has 5 nitrogen and oxygen atoms in total. The maximum atomic E-state index is 13.7. The molecule has 0 radical (unpaired) electrons. The lowest BCUT2D eigenvalue weighted by atomic mass is 9.97. The van der Waals surface area contributed by atoms with E-state index >= 15 is 0 Å². The topological polar surface area (TPSA) is 59.8 Å². The second-order valence-corrected chi connectivity index (χ2v) is 9.57. The zero-order valence-corrected chi connectivity index (χ0v) is 22.8. The Morgan fingerprint density at radius 3 is 2.16 bits per heavy atom. The van der Waals surface area contributed by atoms with Gasteiger partial charge in [-0.1, -0.05) is 76.5 Å². The van der Waals surface area contributed by atoms with Gasteiger partial charge >= 0.3 is 5.97 Å². The first-order valence-corrected chi connectivity index (χ1v) is 13.7. The first kappa shape index (κ1) is 28.4. The number of rotatable bonds is 15. The second kappa shape index (κ2) is 14.5. The molecule has 0 unspecified atom stereocenters. The van der Waals surface area contributed by atoms with E-state index in [9.17, 15) is 9.59 Å². The maximum Gasteiger partial charge on any atom is 0.337 e. The van der Waals surface area contributed by atoms with E-state index < -0.39 is 5.97 Å². The molecule has 0 atom stereocenters. The Morgan fingerprint density at radius 2 is 1.54 bits per heavy atom. The zero-order chi connectivity index (χ0) is 26.6. The Morgan fingerprint density at radius 1 is 0.892 bits per heavy atom. The molecule has 0 aliphatic rings. The molecule has 3 aromatic rings. The van der Waals surface area contributed by atoms with E-state index in [4.69, 9.17) is 9.15 Å². The lowest BCUT2D eigenvalue weighted by Gasteiger charge is -2.19. The first-order chi connectivity index (χ1) is 18.0. The molecular weight excluding hydrogens is 462 g/mol. The van der Waals surface area contributed by atoms with Crippen molar-refractivity contribution in [3.8, 4) is 0 Å². The minimum atomic E-state index is -0.435. The molecule has 1 heterocycles. The Kier molecular flexibility index (Phi) is 11.2. The standard InChI is InChI=1S/C32H41NO4/c1-5-8-13-29-30(27-23-26(32(35)36-4)18-19-28(27)37-29)31(34)25-16-14-24(15-17-25)12-11-22-33(20-9-6-2)21-10-7-3/h11-12,14-19,23H,5-10,13,20-22H2,1-4H3. The van der Waals surface area contributed by atoms with Crippen LogP contribution < -0.4 is 0 Å². The van der Waals surface area contributed by atoms with Crippen molar-refractivity contribution < 1.29 is 18.7 Å². The molecule has 0 bridgehead atoms. The lowest BCUT2D eigenvalue weighted by molar-refractivity contribution is 0.0600. The van der Waals surface area contributed by atoms with Crippen molar-refractivity contribution >= 4 is 28.8 Å². The summed E-state index contributed by atoms with van der Waals surface area (Å²) in [6, 6.07) is 12.8. The molecule has 0 spiro atoms. The van der Waals surface area contributed by atoms with Crippen LogP contribution in [0, 0.1) is 0 Å². The van der Waals surface area contributed by atoms with Crippen LogP contribution in [-0.4, -0.2) is 43.4 Å². The predicted molar refractivity (Wildman–Crippen MR) is 151 cm³/mol. The summed E-state index contributed by atoms with van der Waals surface area (Å²) in [5.41, 5.74) is 3.23. The van der Waals surface area contributed by atoms with Crippen molar-refractivity contribution in [2.45, 2.75) is 65.7 Å². The summed E-state index contributed by atoms with van der Waals surface area (Å²) >= 11 is 0. The van der Waals surface area contributed by atoms with Crippen LogP contribution in [0.4, 0.5) is 0 Å². The molecule has 0 aliphatic heterocycles. The summed E-state index contributed by atoms with van der Waals surface area (Å²) in [5, 5.41) is 0.655. The number of ketones is 1. The molecule has 0 saturated heterocycles. The van der Waals surface area contributed by atoms with E-state index in [0.717, 1.165) is 38.0 Å².